The first-order valence-electron chi connectivity index (χ1n) is 7.97. The molecule has 0 amide bonds. The van der Waals surface area contributed by atoms with Gasteiger partial charge in [0, 0.05) is 6.07 Å². The van der Waals surface area contributed by atoms with Crippen molar-refractivity contribution in [1.29, 1.82) is 0 Å². The topological polar surface area (TPSA) is 72.2 Å². The Balaban J connectivity index is 1.90. The zero-order valence-corrected chi connectivity index (χ0v) is 15.0. The third-order valence-electron chi connectivity index (χ3n) is 3.85. The molecule has 3 rings (SSSR count). The number of sulfonamides is 1. The second-order valence-electron chi connectivity index (χ2n) is 6.07. The fraction of sp³-hybridized carbons (Fsp3) is 0.211. The van der Waals surface area contributed by atoms with Gasteiger partial charge >= 0.3 is 0 Å². The molecule has 0 aliphatic heterocycles. The summed E-state index contributed by atoms with van der Waals surface area (Å²) in [6.45, 7) is 3.75. The summed E-state index contributed by atoms with van der Waals surface area (Å²) < 4.78 is 33.1. The summed E-state index contributed by atoms with van der Waals surface area (Å²) in [5, 5.41) is 3.74. The minimum atomic E-state index is -3.61. The van der Waals surface area contributed by atoms with Crippen molar-refractivity contribution in [1.82, 2.24) is 9.88 Å². The zero-order chi connectivity index (χ0) is 17.9. The van der Waals surface area contributed by atoms with Crippen LogP contribution < -0.4 is 4.72 Å². The number of benzene rings is 2. The third-order valence-corrected chi connectivity index (χ3v) is 5.11. The summed E-state index contributed by atoms with van der Waals surface area (Å²) in [6.07, 6.45) is 0. The minimum Gasteiger partial charge on any atom is -0.360 e. The number of nitrogens with one attached hydrogen (secondary N) is 1. The van der Waals surface area contributed by atoms with Crippen LogP contribution in [0.25, 0.3) is 0 Å². The molecule has 6 heteroatoms. The summed E-state index contributed by atoms with van der Waals surface area (Å²) in [7, 11) is -3.61. The average Bonchev–Trinajstić information content (AvgIpc) is 2.98. The van der Waals surface area contributed by atoms with E-state index >= 15 is 0 Å². The fourth-order valence-electron chi connectivity index (χ4n) is 2.63. The molecule has 1 heterocycles. The van der Waals surface area contributed by atoms with Crippen molar-refractivity contribution in [3.8, 4) is 0 Å². The Labute approximate surface area is 147 Å². The summed E-state index contributed by atoms with van der Waals surface area (Å²) in [5.74, 6) is 0.0731. The van der Waals surface area contributed by atoms with Crippen LogP contribution in [0, 0.1) is 13.8 Å². The predicted octanol–water partition coefficient (Wildman–Crippen LogP) is 3.50. The van der Waals surface area contributed by atoms with Crippen molar-refractivity contribution in [3.63, 3.8) is 0 Å². The van der Waals surface area contributed by atoms with Crippen LogP contribution in [0.5, 0.6) is 0 Å². The van der Waals surface area contributed by atoms with Gasteiger partial charge in [0.2, 0.25) is 10.0 Å². The highest BCUT2D eigenvalue weighted by Gasteiger charge is 2.23. The molecule has 0 radical (unpaired) electrons. The highest BCUT2D eigenvalue weighted by molar-refractivity contribution is 7.88. The van der Waals surface area contributed by atoms with Gasteiger partial charge in [0.1, 0.15) is 5.75 Å². The molecule has 3 aromatic rings. The maximum absolute atomic E-state index is 12.6. The Kier molecular flexibility index (Phi) is 5.01. The monoisotopic (exact) mass is 356 g/mol. The average molecular weight is 356 g/mol. The first-order valence-corrected chi connectivity index (χ1v) is 9.62. The summed E-state index contributed by atoms with van der Waals surface area (Å²) in [4.78, 5) is 0. The second-order valence-corrected chi connectivity index (χ2v) is 7.82. The van der Waals surface area contributed by atoms with E-state index in [-0.39, 0.29) is 5.75 Å². The lowest BCUT2D eigenvalue weighted by Crippen LogP contribution is -2.30. The number of hydrogen-bond donors (Lipinski definition) is 1. The van der Waals surface area contributed by atoms with E-state index in [0.29, 0.717) is 11.5 Å². The van der Waals surface area contributed by atoms with Gasteiger partial charge in [0.15, 0.2) is 5.76 Å². The number of hydrogen-bond acceptors (Lipinski definition) is 4. The number of aryl methyl sites for hydroxylation is 2. The maximum atomic E-state index is 12.6. The van der Waals surface area contributed by atoms with Crippen LogP contribution in [0.1, 0.15) is 34.2 Å². The molecule has 25 heavy (non-hydrogen) atoms. The van der Waals surface area contributed by atoms with E-state index in [0.717, 1.165) is 16.7 Å². The Morgan fingerprint density at radius 1 is 1.00 bits per heavy atom. The van der Waals surface area contributed by atoms with E-state index in [9.17, 15) is 8.42 Å². The van der Waals surface area contributed by atoms with Crippen molar-refractivity contribution in [2.24, 2.45) is 0 Å². The van der Waals surface area contributed by atoms with E-state index in [1.165, 1.54) is 0 Å². The van der Waals surface area contributed by atoms with E-state index < -0.39 is 16.1 Å². The standard InChI is InChI=1S/C19H20N2O3S/c1-14-8-10-17(11-9-14)19(16-6-4-3-5-7-16)21-25(22,23)13-18-12-15(2)20-24-18/h3-12,19,21H,13H2,1-2H3. The lowest BCUT2D eigenvalue weighted by Gasteiger charge is -2.19. The van der Waals surface area contributed by atoms with Gasteiger partial charge in [0.25, 0.3) is 0 Å². The Hall–Kier alpha value is -2.44. The zero-order valence-electron chi connectivity index (χ0n) is 14.1. The molecule has 1 atom stereocenters. The SMILES string of the molecule is Cc1ccc(C(NS(=O)(=O)Cc2cc(C)no2)c2ccccc2)cc1. The molecule has 0 saturated heterocycles. The van der Waals surface area contributed by atoms with Crippen LogP contribution in [0.4, 0.5) is 0 Å². The van der Waals surface area contributed by atoms with Crippen LogP contribution in [0.3, 0.4) is 0 Å². The molecule has 0 saturated carbocycles. The molecule has 1 N–H and O–H groups in total. The quantitative estimate of drug-likeness (QED) is 0.734. The first-order chi connectivity index (χ1) is 11.9. The van der Waals surface area contributed by atoms with Gasteiger partial charge in [-0.25, -0.2) is 13.1 Å². The molecular weight excluding hydrogens is 336 g/mol. The summed E-state index contributed by atoms with van der Waals surface area (Å²) >= 11 is 0. The molecule has 2 aromatic carbocycles. The lowest BCUT2D eigenvalue weighted by molar-refractivity contribution is 0.388. The Morgan fingerprint density at radius 3 is 2.24 bits per heavy atom. The Bertz CT molecular complexity index is 932. The van der Waals surface area contributed by atoms with E-state index in [4.69, 9.17) is 4.52 Å². The van der Waals surface area contributed by atoms with Gasteiger partial charge in [-0.2, -0.15) is 0 Å². The minimum absolute atomic E-state index is 0.247. The number of rotatable bonds is 6. The molecule has 0 bridgehead atoms. The fourth-order valence-corrected chi connectivity index (χ4v) is 3.85. The van der Waals surface area contributed by atoms with Crippen LogP contribution >= 0.6 is 0 Å². The van der Waals surface area contributed by atoms with Gasteiger partial charge < -0.3 is 4.52 Å². The van der Waals surface area contributed by atoms with Gasteiger partial charge in [-0.1, -0.05) is 65.3 Å². The highest BCUT2D eigenvalue weighted by atomic mass is 32.2. The van der Waals surface area contributed by atoms with Crippen LogP contribution in [-0.2, 0) is 15.8 Å². The van der Waals surface area contributed by atoms with Crippen LogP contribution in [-0.4, -0.2) is 13.6 Å². The molecule has 0 aliphatic rings. The van der Waals surface area contributed by atoms with E-state index in [1.54, 1.807) is 13.0 Å². The molecule has 0 spiro atoms. The second kappa shape index (κ2) is 7.21. The molecule has 0 fully saturated rings. The lowest BCUT2D eigenvalue weighted by atomic mass is 9.99. The van der Waals surface area contributed by atoms with Crippen LogP contribution in [0.15, 0.2) is 65.2 Å². The van der Waals surface area contributed by atoms with Crippen molar-refractivity contribution < 1.29 is 12.9 Å². The molecule has 5 nitrogen and oxygen atoms in total. The maximum Gasteiger partial charge on any atom is 0.219 e. The summed E-state index contributed by atoms with van der Waals surface area (Å²) in [5.41, 5.74) is 3.54. The first kappa shape index (κ1) is 17.4. The number of aromatic nitrogens is 1. The number of nitrogens with zero attached hydrogens (tertiary/aromatic N) is 1. The van der Waals surface area contributed by atoms with Crippen molar-refractivity contribution >= 4 is 10.0 Å². The normalized spacial score (nSPS) is 12.9. The smallest absolute Gasteiger partial charge is 0.219 e. The molecule has 1 unspecified atom stereocenters. The van der Waals surface area contributed by atoms with Gasteiger partial charge in [0.05, 0.1) is 11.7 Å². The van der Waals surface area contributed by atoms with E-state index in [2.05, 4.69) is 9.88 Å². The predicted molar refractivity (Wildman–Crippen MR) is 96.5 cm³/mol. The molecule has 0 aliphatic carbocycles. The Morgan fingerprint density at radius 2 is 1.64 bits per heavy atom. The van der Waals surface area contributed by atoms with Gasteiger partial charge in [-0.05, 0) is 25.0 Å². The molecule has 1 aromatic heterocycles. The highest BCUT2D eigenvalue weighted by Crippen LogP contribution is 2.24. The van der Waals surface area contributed by atoms with Gasteiger partial charge in [-0.15, -0.1) is 0 Å². The third kappa shape index (κ3) is 4.55. The van der Waals surface area contributed by atoms with Crippen molar-refractivity contribution in [2.45, 2.75) is 25.6 Å². The summed E-state index contributed by atoms with van der Waals surface area (Å²) in [6, 6.07) is 18.5. The van der Waals surface area contributed by atoms with Crippen molar-refractivity contribution in [2.75, 3.05) is 0 Å². The molecule has 130 valence electrons. The van der Waals surface area contributed by atoms with E-state index in [1.807, 2.05) is 61.5 Å². The molecular formula is C19H20N2O3S. The largest absolute Gasteiger partial charge is 0.360 e. The van der Waals surface area contributed by atoms with Gasteiger partial charge in [-0.3, -0.25) is 0 Å². The van der Waals surface area contributed by atoms with Crippen molar-refractivity contribution in [3.05, 3.63) is 88.8 Å². The van der Waals surface area contributed by atoms with Crippen LogP contribution in [0.2, 0.25) is 0 Å².